The molecule has 0 spiro atoms. The van der Waals surface area contributed by atoms with E-state index in [1.807, 2.05) is 12.1 Å². The number of benzene rings is 1. The summed E-state index contributed by atoms with van der Waals surface area (Å²) in [4.78, 5) is 2.47. The Morgan fingerprint density at radius 2 is 1.93 bits per heavy atom. The number of anilines is 1. The van der Waals surface area contributed by atoms with Crippen molar-refractivity contribution in [1.82, 2.24) is 5.32 Å². The molecule has 3 rings (SSSR count). The van der Waals surface area contributed by atoms with Crippen molar-refractivity contribution in [2.24, 2.45) is 0 Å². The summed E-state index contributed by atoms with van der Waals surface area (Å²) in [7, 11) is 0. The predicted octanol–water partition coefficient (Wildman–Crippen LogP) is 1.33. The maximum Gasteiger partial charge on any atom is 0.117 e. The number of fused-ring (bicyclic) bond motifs is 2. The van der Waals surface area contributed by atoms with E-state index in [1.165, 1.54) is 18.5 Å². The van der Waals surface area contributed by atoms with Crippen molar-refractivity contribution >= 4 is 5.69 Å². The van der Waals surface area contributed by atoms with E-state index in [-0.39, 0.29) is 0 Å². The topological polar surface area (TPSA) is 35.5 Å². The van der Waals surface area contributed by atoms with Gasteiger partial charge in [-0.15, -0.1) is 0 Å². The normalized spacial score (nSPS) is 29.5. The molecule has 2 saturated heterocycles. The number of phenolic OH excluding ortho intramolecular Hbond substituents is 1. The van der Waals surface area contributed by atoms with Crippen molar-refractivity contribution in [2.45, 2.75) is 24.9 Å². The summed E-state index contributed by atoms with van der Waals surface area (Å²) in [5, 5.41) is 13.0. The molecule has 2 N–H and O–H groups in total. The fourth-order valence-electron chi connectivity index (χ4n) is 2.85. The first-order valence-corrected chi connectivity index (χ1v) is 5.63. The van der Waals surface area contributed by atoms with Crippen molar-refractivity contribution < 1.29 is 5.11 Å². The Hall–Kier alpha value is -1.22. The lowest BCUT2D eigenvalue weighted by Gasteiger charge is -2.37. The maximum atomic E-state index is 9.49. The Morgan fingerprint density at radius 1 is 1.20 bits per heavy atom. The van der Waals surface area contributed by atoms with Gasteiger partial charge in [0, 0.05) is 36.9 Å². The standard InChI is InChI=1S/C12H16N2O/c15-12-3-1-2-9(6-12)14-10-4-5-11(14)8-13-7-10/h1-3,6,10-11,13,15H,4-5,7-8H2. The van der Waals surface area contributed by atoms with Crippen LogP contribution in [0.3, 0.4) is 0 Å². The lowest BCUT2D eigenvalue weighted by Crippen LogP contribution is -2.51. The molecule has 80 valence electrons. The molecule has 2 heterocycles. The molecule has 0 aromatic heterocycles. The average Bonchev–Trinajstić information content (AvgIpc) is 2.49. The van der Waals surface area contributed by atoms with Gasteiger partial charge < -0.3 is 15.3 Å². The van der Waals surface area contributed by atoms with Gasteiger partial charge >= 0.3 is 0 Å². The number of phenols is 1. The number of rotatable bonds is 1. The molecule has 3 nitrogen and oxygen atoms in total. The van der Waals surface area contributed by atoms with E-state index in [9.17, 15) is 5.11 Å². The lowest BCUT2D eigenvalue weighted by atomic mass is 10.1. The molecular formula is C12H16N2O. The third-order valence-corrected chi connectivity index (χ3v) is 3.51. The Labute approximate surface area is 89.7 Å². The molecule has 0 amide bonds. The van der Waals surface area contributed by atoms with Crippen LogP contribution >= 0.6 is 0 Å². The van der Waals surface area contributed by atoms with Gasteiger partial charge in [-0.05, 0) is 25.0 Å². The van der Waals surface area contributed by atoms with Gasteiger partial charge in [-0.3, -0.25) is 0 Å². The van der Waals surface area contributed by atoms with Gasteiger partial charge in [0.15, 0.2) is 0 Å². The smallest absolute Gasteiger partial charge is 0.117 e. The summed E-state index contributed by atoms with van der Waals surface area (Å²) in [6.45, 7) is 2.15. The highest BCUT2D eigenvalue weighted by molar-refractivity contribution is 5.53. The fraction of sp³-hybridized carbons (Fsp3) is 0.500. The van der Waals surface area contributed by atoms with Crippen LogP contribution in [0.1, 0.15) is 12.8 Å². The largest absolute Gasteiger partial charge is 0.508 e. The molecular weight excluding hydrogens is 188 g/mol. The second kappa shape index (κ2) is 3.42. The third kappa shape index (κ3) is 1.47. The second-order valence-corrected chi connectivity index (χ2v) is 4.47. The van der Waals surface area contributed by atoms with Crippen LogP contribution in [-0.2, 0) is 0 Å². The van der Waals surface area contributed by atoms with Crippen molar-refractivity contribution in [3.63, 3.8) is 0 Å². The first kappa shape index (κ1) is 9.04. The number of hydrogen-bond acceptors (Lipinski definition) is 3. The summed E-state index contributed by atoms with van der Waals surface area (Å²) in [6, 6.07) is 8.85. The fourth-order valence-corrected chi connectivity index (χ4v) is 2.85. The zero-order valence-corrected chi connectivity index (χ0v) is 8.69. The molecule has 3 heteroatoms. The Morgan fingerprint density at radius 3 is 2.60 bits per heavy atom. The highest BCUT2D eigenvalue weighted by Crippen LogP contribution is 2.33. The van der Waals surface area contributed by atoms with Gasteiger partial charge in [0.1, 0.15) is 5.75 Å². The number of nitrogens with one attached hydrogen (secondary N) is 1. The first-order valence-electron chi connectivity index (χ1n) is 5.63. The van der Waals surface area contributed by atoms with Gasteiger partial charge in [-0.2, -0.15) is 0 Å². The molecule has 0 radical (unpaired) electrons. The number of aromatic hydroxyl groups is 1. The van der Waals surface area contributed by atoms with Crippen LogP contribution in [0.15, 0.2) is 24.3 Å². The van der Waals surface area contributed by atoms with E-state index < -0.39 is 0 Å². The predicted molar refractivity (Wildman–Crippen MR) is 60.3 cm³/mol. The van der Waals surface area contributed by atoms with Crippen LogP contribution in [0.25, 0.3) is 0 Å². The minimum Gasteiger partial charge on any atom is -0.508 e. The molecule has 0 aliphatic carbocycles. The van der Waals surface area contributed by atoms with Gasteiger partial charge in [0.05, 0.1) is 0 Å². The minimum absolute atomic E-state index is 0.366. The van der Waals surface area contributed by atoms with E-state index in [0.29, 0.717) is 17.8 Å². The zero-order chi connectivity index (χ0) is 10.3. The van der Waals surface area contributed by atoms with Crippen molar-refractivity contribution in [3.05, 3.63) is 24.3 Å². The summed E-state index contributed by atoms with van der Waals surface area (Å²) >= 11 is 0. The minimum atomic E-state index is 0.366. The second-order valence-electron chi connectivity index (χ2n) is 4.47. The maximum absolute atomic E-state index is 9.49. The first-order chi connectivity index (χ1) is 7.34. The van der Waals surface area contributed by atoms with E-state index >= 15 is 0 Å². The van der Waals surface area contributed by atoms with Crippen molar-refractivity contribution in [2.75, 3.05) is 18.0 Å². The molecule has 2 aliphatic rings. The van der Waals surface area contributed by atoms with Crippen LogP contribution < -0.4 is 10.2 Å². The van der Waals surface area contributed by atoms with Gasteiger partial charge in [-0.25, -0.2) is 0 Å². The molecule has 1 aromatic carbocycles. The summed E-state index contributed by atoms with van der Waals surface area (Å²) < 4.78 is 0. The Bertz CT molecular complexity index is 350. The zero-order valence-electron chi connectivity index (χ0n) is 8.69. The van der Waals surface area contributed by atoms with Crippen LogP contribution in [0, 0.1) is 0 Å². The SMILES string of the molecule is Oc1cccc(N2C3CCC2CNC3)c1. The van der Waals surface area contributed by atoms with Crippen LogP contribution in [-0.4, -0.2) is 30.3 Å². The monoisotopic (exact) mass is 204 g/mol. The van der Waals surface area contributed by atoms with Crippen LogP contribution in [0.2, 0.25) is 0 Å². The Kier molecular flexibility index (Phi) is 2.06. The number of nitrogens with zero attached hydrogens (tertiary/aromatic N) is 1. The third-order valence-electron chi connectivity index (χ3n) is 3.51. The van der Waals surface area contributed by atoms with Crippen LogP contribution in [0.4, 0.5) is 5.69 Å². The highest BCUT2D eigenvalue weighted by atomic mass is 16.3. The van der Waals surface area contributed by atoms with E-state index in [4.69, 9.17) is 0 Å². The molecule has 2 aliphatic heterocycles. The van der Waals surface area contributed by atoms with E-state index in [1.54, 1.807) is 6.07 Å². The highest BCUT2D eigenvalue weighted by Gasteiger charge is 2.36. The van der Waals surface area contributed by atoms with E-state index in [0.717, 1.165) is 13.1 Å². The van der Waals surface area contributed by atoms with Crippen LogP contribution in [0.5, 0.6) is 5.75 Å². The summed E-state index contributed by atoms with van der Waals surface area (Å²) in [5.74, 6) is 0.366. The van der Waals surface area contributed by atoms with Crippen molar-refractivity contribution in [3.8, 4) is 5.75 Å². The molecule has 2 bridgehead atoms. The van der Waals surface area contributed by atoms with Gasteiger partial charge in [0.2, 0.25) is 0 Å². The Balaban J connectivity index is 1.93. The van der Waals surface area contributed by atoms with E-state index in [2.05, 4.69) is 16.3 Å². The lowest BCUT2D eigenvalue weighted by molar-refractivity contribution is 0.469. The summed E-state index contributed by atoms with van der Waals surface area (Å²) in [5.41, 5.74) is 1.17. The molecule has 0 saturated carbocycles. The average molecular weight is 204 g/mol. The van der Waals surface area contributed by atoms with Crippen molar-refractivity contribution in [1.29, 1.82) is 0 Å². The number of hydrogen-bond donors (Lipinski definition) is 2. The number of piperazine rings is 1. The molecule has 1 aromatic rings. The molecule has 2 unspecified atom stereocenters. The molecule has 2 fully saturated rings. The molecule has 2 atom stereocenters. The summed E-state index contributed by atoms with van der Waals surface area (Å²) in [6.07, 6.45) is 2.54. The van der Waals surface area contributed by atoms with Gasteiger partial charge in [-0.1, -0.05) is 6.07 Å². The van der Waals surface area contributed by atoms with Gasteiger partial charge in [0.25, 0.3) is 0 Å². The quantitative estimate of drug-likeness (QED) is 0.724. The molecule has 15 heavy (non-hydrogen) atoms.